The zero-order chi connectivity index (χ0) is 23.5. The van der Waals surface area contributed by atoms with E-state index in [2.05, 4.69) is 20.2 Å². The van der Waals surface area contributed by atoms with E-state index in [0.717, 1.165) is 42.9 Å². The van der Waals surface area contributed by atoms with Crippen molar-refractivity contribution in [1.82, 2.24) is 20.2 Å². The smallest absolute Gasteiger partial charge is 0.260 e. The molecule has 1 aliphatic heterocycles. The molecule has 0 atom stereocenters. The molecule has 0 radical (unpaired) electrons. The highest BCUT2D eigenvalue weighted by molar-refractivity contribution is 7.13. The number of halogens is 1. The molecule has 5 rings (SSSR count). The van der Waals surface area contributed by atoms with Crippen molar-refractivity contribution in [3.8, 4) is 0 Å². The predicted octanol–water partition coefficient (Wildman–Crippen LogP) is 4.70. The predicted molar refractivity (Wildman–Crippen MR) is 137 cm³/mol. The number of likely N-dealkylation sites (tertiary alicyclic amines) is 1. The number of hydrogen-bond donors (Lipinski definition) is 2. The highest BCUT2D eigenvalue weighted by atomic mass is 35.5. The third-order valence-corrected chi connectivity index (χ3v) is 8.26. The summed E-state index contributed by atoms with van der Waals surface area (Å²) in [6, 6.07) is 6.09. The van der Waals surface area contributed by atoms with E-state index in [-0.39, 0.29) is 18.4 Å². The van der Waals surface area contributed by atoms with Crippen molar-refractivity contribution >= 4 is 50.8 Å². The number of thiazole rings is 1. The van der Waals surface area contributed by atoms with Crippen LogP contribution in [0, 0.1) is 5.92 Å². The number of amides is 2. The van der Waals surface area contributed by atoms with E-state index in [1.54, 1.807) is 29.9 Å². The number of rotatable bonds is 7. The molecule has 3 heterocycles. The maximum Gasteiger partial charge on any atom is 0.260 e. The fourth-order valence-electron chi connectivity index (χ4n) is 5.20. The number of aromatic amines is 1. The SMILES string of the molecule is O=C(CN(C(=O)c1ccc2c(Cl)c[nH]c2c1)c1nccs1)NCC1CCN(C2CCCC2)CC1. The molecule has 0 bridgehead atoms. The Morgan fingerprint density at radius 1 is 1.21 bits per heavy atom. The molecule has 2 aliphatic rings. The summed E-state index contributed by atoms with van der Waals surface area (Å²) in [6.07, 6.45) is 11.0. The quantitative estimate of drug-likeness (QED) is 0.494. The first-order valence-electron chi connectivity index (χ1n) is 12.1. The Balaban J connectivity index is 1.19. The van der Waals surface area contributed by atoms with Crippen LogP contribution in [0.3, 0.4) is 0 Å². The summed E-state index contributed by atoms with van der Waals surface area (Å²) in [7, 11) is 0. The van der Waals surface area contributed by atoms with Crippen molar-refractivity contribution in [3.05, 3.63) is 46.6 Å². The van der Waals surface area contributed by atoms with E-state index in [9.17, 15) is 9.59 Å². The average molecular weight is 500 g/mol. The van der Waals surface area contributed by atoms with Crippen LogP contribution >= 0.6 is 22.9 Å². The third-order valence-electron chi connectivity index (χ3n) is 7.15. The van der Waals surface area contributed by atoms with Crippen LogP contribution in [0.15, 0.2) is 36.0 Å². The topological polar surface area (TPSA) is 81.3 Å². The van der Waals surface area contributed by atoms with Gasteiger partial charge in [0.25, 0.3) is 5.91 Å². The second kappa shape index (κ2) is 10.5. The van der Waals surface area contributed by atoms with E-state index < -0.39 is 0 Å². The molecule has 2 amide bonds. The van der Waals surface area contributed by atoms with E-state index >= 15 is 0 Å². The molecule has 2 fully saturated rings. The van der Waals surface area contributed by atoms with Crippen molar-refractivity contribution in [2.45, 2.75) is 44.6 Å². The number of nitrogens with one attached hydrogen (secondary N) is 2. The van der Waals surface area contributed by atoms with E-state index in [1.807, 2.05) is 6.07 Å². The zero-order valence-electron chi connectivity index (χ0n) is 19.1. The Hall–Kier alpha value is -2.42. The molecule has 34 heavy (non-hydrogen) atoms. The van der Waals surface area contributed by atoms with Gasteiger partial charge in [-0.1, -0.05) is 30.5 Å². The number of H-pyrrole nitrogens is 1. The van der Waals surface area contributed by atoms with Crippen LogP contribution in [-0.4, -0.2) is 58.9 Å². The lowest BCUT2D eigenvalue weighted by Gasteiger charge is -2.36. The van der Waals surface area contributed by atoms with E-state index in [1.165, 1.54) is 41.9 Å². The monoisotopic (exact) mass is 499 g/mol. The minimum atomic E-state index is -0.261. The largest absolute Gasteiger partial charge is 0.360 e. The molecule has 1 aromatic carbocycles. The van der Waals surface area contributed by atoms with Crippen molar-refractivity contribution in [2.24, 2.45) is 5.92 Å². The molecular formula is C25H30ClN5O2S. The molecule has 2 aromatic heterocycles. The number of piperidine rings is 1. The van der Waals surface area contributed by atoms with Crippen LogP contribution in [0.25, 0.3) is 10.9 Å². The van der Waals surface area contributed by atoms with Gasteiger partial charge in [-0.25, -0.2) is 4.98 Å². The van der Waals surface area contributed by atoms with Gasteiger partial charge in [0.05, 0.1) is 5.02 Å². The van der Waals surface area contributed by atoms with Crippen molar-refractivity contribution in [1.29, 1.82) is 0 Å². The normalized spacial score (nSPS) is 17.9. The summed E-state index contributed by atoms with van der Waals surface area (Å²) in [5, 5.41) is 6.85. The zero-order valence-corrected chi connectivity index (χ0v) is 20.7. The lowest BCUT2D eigenvalue weighted by molar-refractivity contribution is -0.120. The number of carbonyl (C=O) groups excluding carboxylic acids is 2. The van der Waals surface area contributed by atoms with Crippen LogP contribution in [-0.2, 0) is 4.79 Å². The lowest BCUT2D eigenvalue weighted by Crippen LogP contribution is -2.45. The first kappa shape index (κ1) is 23.3. The summed E-state index contributed by atoms with van der Waals surface area (Å²) in [4.78, 5) is 37.7. The van der Waals surface area contributed by atoms with Gasteiger partial charge in [-0.3, -0.25) is 14.5 Å². The summed E-state index contributed by atoms with van der Waals surface area (Å²) < 4.78 is 0. The van der Waals surface area contributed by atoms with Gasteiger partial charge in [0, 0.05) is 46.8 Å². The summed E-state index contributed by atoms with van der Waals surface area (Å²) in [5.74, 6) is 0.0685. The molecular weight excluding hydrogens is 470 g/mol. The lowest BCUT2D eigenvalue weighted by atomic mass is 9.95. The van der Waals surface area contributed by atoms with Gasteiger partial charge < -0.3 is 15.2 Å². The van der Waals surface area contributed by atoms with Gasteiger partial charge in [-0.05, 0) is 56.8 Å². The standard InChI is InChI=1S/C25H30ClN5O2S/c26-21-15-28-22-13-18(5-6-20(21)22)24(33)31(25-27-9-12-34-25)16-23(32)29-14-17-7-10-30(11-8-17)19-3-1-2-4-19/h5-6,9,12-13,15,17,19,28H,1-4,7-8,10-11,14,16H2,(H,29,32). The van der Waals surface area contributed by atoms with Gasteiger partial charge in [0.1, 0.15) is 6.54 Å². The highest BCUT2D eigenvalue weighted by Crippen LogP contribution is 2.28. The third kappa shape index (κ3) is 5.14. The molecule has 1 saturated carbocycles. The fourth-order valence-corrected chi connectivity index (χ4v) is 6.06. The van der Waals surface area contributed by atoms with Crippen LogP contribution in [0.1, 0.15) is 48.9 Å². The van der Waals surface area contributed by atoms with Crippen molar-refractivity contribution in [3.63, 3.8) is 0 Å². The molecule has 1 aliphatic carbocycles. The van der Waals surface area contributed by atoms with E-state index in [0.29, 0.717) is 28.2 Å². The van der Waals surface area contributed by atoms with Gasteiger partial charge in [-0.15, -0.1) is 11.3 Å². The van der Waals surface area contributed by atoms with Crippen LogP contribution in [0.4, 0.5) is 5.13 Å². The summed E-state index contributed by atoms with van der Waals surface area (Å²) >= 11 is 7.51. The van der Waals surface area contributed by atoms with E-state index in [4.69, 9.17) is 11.6 Å². The van der Waals surface area contributed by atoms with Gasteiger partial charge in [0.2, 0.25) is 5.91 Å². The number of nitrogens with zero attached hydrogens (tertiary/aromatic N) is 3. The first-order valence-corrected chi connectivity index (χ1v) is 13.3. The minimum absolute atomic E-state index is 0.0587. The van der Waals surface area contributed by atoms with Crippen LogP contribution in [0.2, 0.25) is 5.02 Å². The molecule has 0 unspecified atom stereocenters. The molecule has 180 valence electrons. The number of hydrogen-bond acceptors (Lipinski definition) is 5. The maximum atomic E-state index is 13.4. The molecule has 7 nitrogen and oxygen atoms in total. The van der Waals surface area contributed by atoms with Gasteiger partial charge in [0.15, 0.2) is 5.13 Å². The highest BCUT2D eigenvalue weighted by Gasteiger charge is 2.28. The maximum absolute atomic E-state index is 13.4. The Bertz CT molecular complexity index is 1130. The van der Waals surface area contributed by atoms with Gasteiger partial charge >= 0.3 is 0 Å². The van der Waals surface area contributed by atoms with Crippen LogP contribution in [0.5, 0.6) is 0 Å². The molecule has 1 saturated heterocycles. The Morgan fingerprint density at radius 3 is 2.74 bits per heavy atom. The second-order valence-corrected chi connectivity index (χ2v) is 10.6. The van der Waals surface area contributed by atoms with Crippen molar-refractivity contribution < 1.29 is 9.59 Å². The summed E-state index contributed by atoms with van der Waals surface area (Å²) in [6.45, 7) is 2.85. The number of aromatic nitrogens is 2. The Labute approximate surface area is 208 Å². The fraction of sp³-hybridized carbons (Fsp3) is 0.480. The Morgan fingerprint density at radius 2 is 2.00 bits per heavy atom. The Kier molecular flexibility index (Phi) is 7.18. The average Bonchev–Trinajstić information content (AvgIpc) is 3.64. The molecule has 2 N–H and O–H groups in total. The number of benzene rings is 1. The number of fused-ring (bicyclic) bond motifs is 1. The molecule has 0 spiro atoms. The van der Waals surface area contributed by atoms with Crippen LogP contribution < -0.4 is 10.2 Å². The van der Waals surface area contributed by atoms with Crippen molar-refractivity contribution in [2.75, 3.05) is 31.1 Å². The number of anilines is 1. The summed E-state index contributed by atoms with van der Waals surface area (Å²) in [5.41, 5.74) is 1.26. The first-order chi connectivity index (χ1) is 16.6. The second-order valence-electron chi connectivity index (χ2n) is 9.32. The molecule has 9 heteroatoms. The molecule has 3 aromatic rings. The van der Waals surface area contributed by atoms with Gasteiger partial charge in [-0.2, -0.15) is 0 Å². The number of carbonyl (C=O) groups is 2. The minimum Gasteiger partial charge on any atom is -0.360 e.